The van der Waals surface area contributed by atoms with Crippen molar-refractivity contribution < 1.29 is 24.2 Å². The molecule has 1 unspecified atom stereocenters. The standard InChI is InChI=1S/C31H33ClN2O5/c1-4-38-26-19-23(13-16-25(26)39-20-21-9-6-5-7-10-21)28-27(29(35)22-11-14-24(32)15-12-22)30(36)31(37)34(28)18-8-17-33(2)3/h5-7,9-16,19,28,35H,4,8,17-18,20H2,1-3H3. The van der Waals surface area contributed by atoms with E-state index in [1.807, 2.05) is 62.3 Å². The Balaban J connectivity index is 1.75. The van der Waals surface area contributed by atoms with E-state index in [1.165, 1.54) is 4.90 Å². The maximum absolute atomic E-state index is 13.3. The van der Waals surface area contributed by atoms with Gasteiger partial charge in [-0.05, 0) is 81.5 Å². The lowest BCUT2D eigenvalue weighted by atomic mass is 9.95. The number of carbonyl (C=O) groups excluding carboxylic acids is 2. The second kappa shape index (κ2) is 12.8. The Morgan fingerprint density at radius 2 is 1.69 bits per heavy atom. The van der Waals surface area contributed by atoms with Crippen LogP contribution in [0.4, 0.5) is 0 Å². The lowest BCUT2D eigenvalue weighted by Gasteiger charge is -2.26. The van der Waals surface area contributed by atoms with Crippen LogP contribution in [0.15, 0.2) is 78.4 Å². The van der Waals surface area contributed by atoms with Gasteiger partial charge in [0, 0.05) is 17.1 Å². The van der Waals surface area contributed by atoms with Crippen LogP contribution in [0.5, 0.6) is 11.5 Å². The zero-order chi connectivity index (χ0) is 27.9. The smallest absolute Gasteiger partial charge is 0.295 e. The first kappa shape index (κ1) is 28.2. The van der Waals surface area contributed by atoms with Crippen LogP contribution in [0, 0.1) is 0 Å². The third-order valence-electron chi connectivity index (χ3n) is 6.48. The van der Waals surface area contributed by atoms with Crippen LogP contribution in [-0.2, 0) is 16.2 Å². The molecular weight excluding hydrogens is 516 g/mol. The van der Waals surface area contributed by atoms with E-state index < -0.39 is 17.7 Å². The van der Waals surface area contributed by atoms with Gasteiger partial charge in [0.2, 0.25) is 0 Å². The van der Waals surface area contributed by atoms with E-state index in [0.717, 1.165) is 12.1 Å². The Labute approximate surface area is 234 Å². The van der Waals surface area contributed by atoms with Gasteiger partial charge in [0.1, 0.15) is 12.4 Å². The summed E-state index contributed by atoms with van der Waals surface area (Å²) in [5, 5.41) is 11.8. The normalized spacial score (nSPS) is 16.6. The highest BCUT2D eigenvalue weighted by Crippen LogP contribution is 2.42. The molecule has 1 amide bonds. The van der Waals surface area contributed by atoms with Crippen LogP contribution in [0.3, 0.4) is 0 Å². The number of hydrogen-bond acceptors (Lipinski definition) is 6. The molecule has 1 heterocycles. The van der Waals surface area contributed by atoms with Crippen molar-refractivity contribution in [3.05, 3.63) is 100 Å². The van der Waals surface area contributed by atoms with Crippen LogP contribution >= 0.6 is 11.6 Å². The summed E-state index contributed by atoms with van der Waals surface area (Å²) in [5.74, 6) is -0.563. The van der Waals surface area contributed by atoms with Crippen molar-refractivity contribution in [3.63, 3.8) is 0 Å². The number of aliphatic hydroxyl groups is 1. The SMILES string of the molecule is CCOc1cc(C2C(=C(O)c3ccc(Cl)cc3)C(=O)C(=O)N2CCCN(C)C)ccc1OCc1ccccc1. The number of Topliss-reactive ketones (excluding diaryl/α,β-unsaturated/α-hetero) is 1. The van der Waals surface area contributed by atoms with Gasteiger partial charge in [-0.1, -0.05) is 48.0 Å². The number of rotatable bonds is 11. The fraction of sp³-hybridized carbons (Fsp3) is 0.290. The predicted octanol–water partition coefficient (Wildman–Crippen LogP) is 5.69. The highest BCUT2D eigenvalue weighted by Gasteiger charge is 2.46. The van der Waals surface area contributed by atoms with Crippen molar-refractivity contribution in [1.82, 2.24) is 9.80 Å². The summed E-state index contributed by atoms with van der Waals surface area (Å²) >= 11 is 6.03. The number of ether oxygens (including phenoxy) is 2. The van der Waals surface area contributed by atoms with Gasteiger partial charge in [0.05, 0.1) is 18.2 Å². The molecule has 3 aromatic rings. The number of nitrogens with zero attached hydrogens (tertiary/aromatic N) is 2. The molecule has 1 atom stereocenters. The van der Waals surface area contributed by atoms with Gasteiger partial charge in [-0.15, -0.1) is 0 Å². The van der Waals surface area contributed by atoms with Crippen molar-refractivity contribution >= 4 is 29.1 Å². The van der Waals surface area contributed by atoms with Gasteiger partial charge >= 0.3 is 0 Å². The Morgan fingerprint density at radius 1 is 0.974 bits per heavy atom. The van der Waals surface area contributed by atoms with E-state index >= 15 is 0 Å². The second-order valence-electron chi connectivity index (χ2n) is 9.57. The van der Waals surface area contributed by atoms with Gasteiger partial charge in [-0.25, -0.2) is 0 Å². The number of likely N-dealkylation sites (tertiary alicyclic amines) is 1. The third-order valence-corrected chi connectivity index (χ3v) is 6.73. The van der Waals surface area contributed by atoms with E-state index in [1.54, 1.807) is 36.4 Å². The molecule has 4 rings (SSSR count). The van der Waals surface area contributed by atoms with Crippen molar-refractivity contribution in [3.8, 4) is 11.5 Å². The first-order valence-corrected chi connectivity index (χ1v) is 13.3. The molecule has 1 fully saturated rings. The van der Waals surface area contributed by atoms with Crippen molar-refractivity contribution in [2.75, 3.05) is 33.8 Å². The minimum absolute atomic E-state index is 0.0348. The molecule has 0 radical (unpaired) electrons. The summed E-state index contributed by atoms with van der Waals surface area (Å²) in [5.41, 5.74) is 2.10. The molecule has 1 N–H and O–H groups in total. The summed E-state index contributed by atoms with van der Waals surface area (Å²) in [6.45, 7) is 3.73. The molecule has 0 aliphatic carbocycles. The number of aliphatic hydroxyl groups excluding tert-OH is 1. The molecule has 0 spiro atoms. The highest BCUT2D eigenvalue weighted by molar-refractivity contribution is 6.46. The molecular formula is C31H33ClN2O5. The number of halogens is 1. The Morgan fingerprint density at radius 3 is 2.36 bits per heavy atom. The average molecular weight is 549 g/mol. The molecule has 0 aromatic heterocycles. The number of amides is 1. The lowest BCUT2D eigenvalue weighted by Crippen LogP contribution is -2.32. The molecule has 39 heavy (non-hydrogen) atoms. The molecule has 7 nitrogen and oxygen atoms in total. The van der Waals surface area contributed by atoms with E-state index in [2.05, 4.69) is 0 Å². The van der Waals surface area contributed by atoms with Crippen LogP contribution in [0.25, 0.3) is 5.76 Å². The number of hydrogen-bond donors (Lipinski definition) is 1. The molecule has 8 heteroatoms. The number of carbonyl (C=O) groups is 2. The molecule has 0 saturated carbocycles. The van der Waals surface area contributed by atoms with E-state index in [-0.39, 0.29) is 11.3 Å². The zero-order valence-corrected chi connectivity index (χ0v) is 23.1. The average Bonchev–Trinajstić information content (AvgIpc) is 3.18. The van der Waals surface area contributed by atoms with Gasteiger partial charge in [0.25, 0.3) is 11.7 Å². The number of ketones is 1. The second-order valence-corrected chi connectivity index (χ2v) is 10.0. The van der Waals surface area contributed by atoms with Gasteiger partial charge < -0.3 is 24.4 Å². The fourth-order valence-electron chi connectivity index (χ4n) is 4.60. The van der Waals surface area contributed by atoms with Crippen LogP contribution in [0.2, 0.25) is 5.02 Å². The summed E-state index contributed by atoms with van der Waals surface area (Å²) in [6.07, 6.45) is 0.661. The first-order valence-electron chi connectivity index (χ1n) is 12.9. The summed E-state index contributed by atoms with van der Waals surface area (Å²) in [6, 6.07) is 20.9. The Kier molecular flexibility index (Phi) is 9.28. The highest BCUT2D eigenvalue weighted by atomic mass is 35.5. The zero-order valence-electron chi connectivity index (χ0n) is 22.4. The minimum atomic E-state index is -0.787. The van der Waals surface area contributed by atoms with Crippen molar-refractivity contribution in [1.29, 1.82) is 0 Å². The van der Waals surface area contributed by atoms with Crippen LogP contribution < -0.4 is 9.47 Å². The van der Waals surface area contributed by atoms with E-state index in [4.69, 9.17) is 21.1 Å². The topological polar surface area (TPSA) is 79.3 Å². The monoisotopic (exact) mass is 548 g/mol. The van der Waals surface area contributed by atoms with Gasteiger partial charge in [0.15, 0.2) is 11.5 Å². The van der Waals surface area contributed by atoms with Crippen molar-refractivity contribution in [2.24, 2.45) is 0 Å². The maximum atomic E-state index is 13.3. The van der Waals surface area contributed by atoms with E-state index in [0.29, 0.717) is 53.8 Å². The molecule has 0 bridgehead atoms. The molecule has 3 aromatic carbocycles. The third kappa shape index (κ3) is 6.61. The molecule has 1 aliphatic rings. The van der Waals surface area contributed by atoms with Gasteiger partial charge in [-0.3, -0.25) is 9.59 Å². The van der Waals surface area contributed by atoms with Crippen LogP contribution in [-0.4, -0.2) is 60.4 Å². The van der Waals surface area contributed by atoms with Crippen molar-refractivity contribution in [2.45, 2.75) is 26.0 Å². The van der Waals surface area contributed by atoms with E-state index in [9.17, 15) is 14.7 Å². The maximum Gasteiger partial charge on any atom is 0.295 e. The minimum Gasteiger partial charge on any atom is -0.507 e. The molecule has 204 valence electrons. The van der Waals surface area contributed by atoms with Crippen LogP contribution in [0.1, 0.15) is 36.1 Å². The number of benzene rings is 3. The molecule has 1 aliphatic heterocycles. The largest absolute Gasteiger partial charge is 0.507 e. The predicted molar refractivity (Wildman–Crippen MR) is 152 cm³/mol. The molecule has 1 saturated heterocycles. The quantitative estimate of drug-likeness (QED) is 0.188. The Bertz CT molecular complexity index is 1340. The summed E-state index contributed by atoms with van der Waals surface area (Å²) < 4.78 is 12.0. The summed E-state index contributed by atoms with van der Waals surface area (Å²) in [7, 11) is 3.91. The Hall–Kier alpha value is -3.81. The lowest BCUT2D eigenvalue weighted by molar-refractivity contribution is -0.139. The van der Waals surface area contributed by atoms with Gasteiger partial charge in [-0.2, -0.15) is 0 Å². The summed E-state index contributed by atoms with van der Waals surface area (Å²) in [4.78, 5) is 30.1. The first-order chi connectivity index (χ1) is 18.8. The fourth-order valence-corrected chi connectivity index (χ4v) is 4.72.